The minimum Gasteiger partial charge on any atom is -0.463 e. The van der Waals surface area contributed by atoms with Crippen LogP contribution in [0.5, 0.6) is 6.01 Å². The Hall–Kier alpha value is -3.12. The second-order valence-electron chi connectivity index (χ2n) is 8.57. The molecule has 0 amide bonds. The fraction of sp³-hybridized carbons (Fsp3) is 0.500. The van der Waals surface area contributed by atoms with E-state index < -0.39 is 18.3 Å². The van der Waals surface area contributed by atoms with Crippen LogP contribution in [0.4, 0.5) is 19.0 Å². The first-order chi connectivity index (χ1) is 16.2. The van der Waals surface area contributed by atoms with Crippen molar-refractivity contribution in [1.29, 1.82) is 0 Å². The summed E-state index contributed by atoms with van der Waals surface area (Å²) in [6.45, 7) is 5.09. The number of benzene rings is 1. The van der Waals surface area contributed by atoms with Crippen molar-refractivity contribution < 1.29 is 17.9 Å². The van der Waals surface area contributed by atoms with Crippen molar-refractivity contribution in [1.82, 2.24) is 29.3 Å². The van der Waals surface area contributed by atoms with Crippen LogP contribution in [0.1, 0.15) is 24.0 Å². The number of nitrogens with two attached hydrogens (primary N) is 1. The smallest absolute Gasteiger partial charge is 0.389 e. The number of fused-ring (bicyclic) bond motifs is 1. The summed E-state index contributed by atoms with van der Waals surface area (Å²) < 4.78 is 43.6. The number of hydrogen-bond donors (Lipinski definition) is 2. The number of ether oxygens (including phenoxy) is 1. The lowest BCUT2D eigenvalue weighted by molar-refractivity contribution is -0.136. The molecule has 1 saturated heterocycles. The summed E-state index contributed by atoms with van der Waals surface area (Å²) in [6.07, 6.45) is -5.45. The monoisotopic (exact) mass is 479 g/mol. The molecule has 0 spiro atoms. The number of aromatic nitrogens is 4. The van der Waals surface area contributed by atoms with Crippen molar-refractivity contribution >= 4 is 17.0 Å². The van der Waals surface area contributed by atoms with Crippen LogP contribution in [0.2, 0.25) is 0 Å². The van der Waals surface area contributed by atoms with E-state index in [2.05, 4.69) is 31.8 Å². The van der Waals surface area contributed by atoms with Crippen LogP contribution >= 0.6 is 0 Å². The zero-order valence-corrected chi connectivity index (χ0v) is 18.9. The van der Waals surface area contributed by atoms with Gasteiger partial charge in [-0.25, -0.2) is 4.79 Å². The molecule has 0 unspecified atom stereocenters. The molecule has 3 heterocycles. The number of halogens is 3. The van der Waals surface area contributed by atoms with Gasteiger partial charge in [0, 0.05) is 39.1 Å². The Kier molecular flexibility index (Phi) is 7.08. The molecule has 1 aromatic carbocycles. The third kappa shape index (κ3) is 6.06. The summed E-state index contributed by atoms with van der Waals surface area (Å²) in [4.78, 5) is 28.1. The van der Waals surface area contributed by atoms with Crippen molar-refractivity contribution in [2.24, 2.45) is 0 Å². The number of hydrogen-bond acceptors (Lipinski definition) is 7. The molecule has 0 aliphatic carbocycles. The maximum Gasteiger partial charge on any atom is 0.389 e. The molecular weight excluding hydrogens is 451 g/mol. The standard InChI is InChI=1S/C22H28F3N7O2/c1-30-8-10-31(11-9-30)13-15-3-5-16(6-4-15)14-32-19-17(27-21(32)33)18(26)28-20(29-19)34-12-2-7-22(23,24)25/h3-6H,2,7-14H2,1H3,(H,27,33)(H2,26,28,29). The Labute approximate surface area is 194 Å². The molecule has 4 rings (SSSR count). The predicted molar refractivity (Wildman–Crippen MR) is 122 cm³/mol. The minimum atomic E-state index is -4.26. The molecule has 34 heavy (non-hydrogen) atoms. The molecule has 3 N–H and O–H groups in total. The van der Waals surface area contributed by atoms with Crippen molar-refractivity contribution in [3.8, 4) is 6.01 Å². The molecular formula is C22H28F3N7O2. The number of anilines is 1. The SMILES string of the molecule is CN1CCN(Cc2ccc(Cn3c(=O)[nH]c4c(N)nc(OCCCC(F)(F)F)nc43)cc2)CC1. The zero-order chi connectivity index (χ0) is 24.3. The lowest BCUT2D eigenvalue weighted by Crippen LogP contribution is -2.43. The van der Waals surface area contributed by atoms with Crippen molar-refractivity contribution in [2.45, 2.75) is 32.1 Å². The maximum atomic E-state index is 12.5. The highest BCUT2D eigenvalue weighted by Crippen LogP contribution is 2.22. The van der Waals surface area contributed by atoms with E-state index in [4.69, 9.17) is 10.5 Å². The van der Waals surface area contributed by atoms with E-state index in [1.807, 2.05) is 24.3 Å². The highest BCUT2D eigenvalue weighted by Gasteiger charge is 2.26. The molecule has 1 aliphatic heterocycles. The Balaban J connectivity index is 1.45. The largest absolute Gasteiger partial charge is 0.463 e. The number of imidazole rings is 1. The molecule has 3 aromatic rings. The van der Waals surface area contributed by atoms with Crippen LogP contribution in [0, 0.1) is 0 Å². The molecule has 184 valence electrons. The summed E-state index contributed by atoms with van der Waals surface area (Å²) in [5.41, 5.74) is 8.11. The second kappa shape index (κ2) is 10.0. The Morgan fingerprint density at radius 2 is 1.71 bits per heavy atom. The zero-order valence-electron chi connectivity index (χ0n) is 18.9. The Morgan fingerprint density at radius 1 is 1.06 bits per heavy atom. The summed E-state index contributed by atoms with van der Waals surface area (Å²) in [6, 6.07) is 7.87. The molecule has 0 radical (unpaired) electrons. The predicted octanol–water partition coefficient (Wildman–Crippen LogP) is 2.22. The molecule has 0 atom stereocenters. The summed E-state index contributed by atoms with van der Waals surface area (Å²) in [5.74, 6) is -0.00537. The van der Waals surface area contributed by atoms with Gasteiger partial charge in [-0.05, 0) is 24.6 Å². The number of likely N-dealkylation sites (N-methyl/N-ethyl adjacent to an activating group) is 1. The fourth-order valence-electron chi connectivity index (χ4n) is 3.87. The fourth-order valence-corrected chi connectivity index (χ4v) is 3.87. The van der Waals surface area contributed by atoms with Gasteiger partial charge < -0.3 is 20.4 Å². The van der Waals surface area contributed by atoms with Gasteiger partial charge in [-0.15, -0.1) is 0 Å². The van der Waals surface area contributed by atoms with Gasteiger partial charge in [-0.1, -0.05) is 24.3 Å². The van der Waals surface area contributed by atoms with Crippen molar-refractivity contribution in [2.75, 3.05) is 45.6 Å². The van der Waals surface area contributed by atoms with Gasteiger partial charge in [0.1, 0.15) is 5.52 Å². The first-order valence-electron chi connectivity index (χ1n) is 11.1. The topological polar surface area (TPSA) is 105 Å². The number of H-pyrrole nitrogens is 1. The van der Waals surface area contributed by atoms with Gasteiger partial charge in [-0.3, -0.25) is 9.47 Å². The average Bonchev–Trinajstić information content (AvgIpc) is 3.09. The number of rotatable bonds is 8. The van der Waals surface area contributed by atoms with Crippen LogP contribution < -0.4 is 16.2 Å². The minimum absolute atomic E-state index is 0.00537. The number of nitrogens with one attached hydrogen (secondary N) is 1. The third-order valence-electron chi connectivity index (χ3n) is 5.83. The van der Waals surface area contributed by atoms with Gasteiger partial charge in [0.05, 0.1) is 13.2 Å². The van der Waals surface area contributed by atoms with E-state index in [1.54, 1.807) is 0 Å². The lowest BCUT2D eigenvalue weighted by Gasteiger charge is -2.32. The van der Waals surface area contributed by atoms with E-state index in [0.29, 0.717) is 0 Å². The van der Waals surface area contributed by atoms with E-state index in [0.717, 1.165) is 38.3 Å². The van der Waals surface area contributed by atoms with E-state index in [-0.39, 0.29) is 42.6 Å². The summed E-state index contributed by atoms with van der Waals surface area (Å²) >= 11 is 0. The molecule has 12 heteroatoms. The van der Waals surface area contributed by atoms with Gasteiger partial charge in [0.15, 0.2) is 11.5 Å². The van der Waals surface area contributed by atoms with Gasteiger partial charge in [-0.2, -0.15) is 23.1 Å². The highest BCUT2D eigenvalue weighted by molar-refractivity contribution is 5.81. The molecule has 0 bridgehead atoms. The lowest BCUT2D eigenvalue weighted by atomic mass is 10.1. The number of alkyl halides is 3. The molecule has 0 saturated carbocycles. The molecule has 2 aromatic heterocycles. The number of piperazine rings is 1. The second-order valence-corrected chi connectivity index (χ2v) is 8.57. The van der Waals surface area contributed by atoms with Crippen molar-refractivity contribution in [3.05, 3.63) is 45.9 Å². The molecule has 9 nitrogen and oxygen atoms in total. The van der Waals surface area contributed by atoms with E-state index in [9.17, 15) is 18.0 Å². The molecule has 1 aliphatic rings. The van der Waals surface area contributed by atoms with Gasteiger partial charge in [0.2, 0.25) is 0 Å². The normalized spacial score (nSPS) is 15.8. The highest BCUT2D eigenvalue weighted by atomic mass is 19.4. The van der Waals surface area contributed by atoms with Crippen LogP contribution in [-0.4, -0.2) is 75.3 Å². The number of aromatic amines is 1. The van der Waals surface area contributed by atoms with Crippen LogP contribution in [0.3, 0.4) is 0 Å². The number of nitrogens with zero attached hydrogens (tertiary/aromatic N) is 5. The maximum absolute atomic E-state index is 12.5. The van der Waals surface area contributed by atoms with E-state index in [1.165, 1.54) is 10.1 Å². The van der Waals surface area contributed by atoms with Crippen LogP contribution in [-0.2, 0) is 13.1 Å². The Bertz CT molecular complexity index is 1170. The quantitative estimate of drug-likeness (QED) is 0.478. The van der Waals surface area contributed by atoms with Crippen molar-refractivity contribution in [3.63, 3.8) is 0 Å². The van der Waals surface area contributed by atoms with Crippen LogP contribution in [0.15, 0.2) is 29.1 Å². The van der Waals surface area contributed by atoms with E-state index >= 15 is 0 Å². The Morgan fingerprint density at radius 3 is 2.35 bits per heavy atom. The summed E-state index contributed by atoms with van der Waals surface area (Å²) in [5, 5.41) is 0. The first-order valence-corrected chi connectivity index (χ1v) is 11.1. The average molecular weight is 480 g/mol. The molecule has 1 fully saturated rings. The van der Waals surface area contributed by atoms with Gasteiger partial charge >= 0.3 is 17.9 Å². The van der Waals surface area contributed by atoms with Gasteiger partial charge in [0.25, 0.3) is 0 Å². The third-order valence-corrected chi connectivity index (χ3v) is 5.83. The number of nitrogen functional groups attached to an aromatic ring is 1. The first kappa shape index (κ1) is 24.0. The summed E-state index contributed by atoms with van der Waals surface area (Å²) in [7, 11) is 2.13. The van der Waals surface area contributed by atoms with Crippen LogP contribution in [0.25, 0.3) is 11.2 Å².